The molecule has 3 aromatic carbocycles. The van der Waals surface area contributed by atoms with Crippen LogP contribution in [0, 0.1) is 5.82 Å². The number of hydrogen-bond acceptors (Lipinski definition) is 4. The fourth-order valence-corrected chi connectivity index (χ4v) is 6.42. The lowest BCUT2D eigenvalue weighted by Gasteiger charge is -2.47. The molecular weight excluding hydrogens is 525 g/mol. The van der Waals surface area contributed by atoms with Gasteiger partial charge in [-0.05, 0) is 73.4 Å². The largest absolute Gasteiger partial charge is 0.348 e. The molecule has 0 radical (unpaired) electrons. The quantitative estimate of drug-likeness (QED) is 0.378. The summed E-state index contributed by atoms with van der Waals surface area (Å²) in [4.78, 5) is 18.1. The average Bonchev–Trinajstić information content (AvgIpc) is 2.95. The fourth-order valence-electron chi connectivity index (χ4n) is 6.42. The van der Waals surface area contributed by atoms with Crippen molar-refractivity contribution in [1.82, 2.24) is 20.4 Å². The predicted octanol–water partition coefficient (Wildman–Crippen LogP) is 4.89. The Morgan fingerprint density at radius 3 is 2.50 bits per heavy atom. The SMILES string of the molecule is C[C@@H]1CN(Cc2cccc(C(=O)NCc3ccc(F)c(-c4cccc(CN5CCN[C@@H](C)C5)c4)c3)c2)[C@@H](C)C[N+]1(C)C. The Bertz CT molecular complexity index is 1390. The minimum Gasteiger partial charge on any atom is -0.348 e. The molecule has 42 heavy (non-hydrogen) atoms. The van der Waals surface area contributed by atoms with Crippen LogP contribution in [0.5, 0.6) is 0 Å². The highest BCUT2D eigenvalue weighted by Gasteiger charge is 2.36. The number of carbonyl (C=O) groups is 1. The lowest BCUT2D eigenvalue weighted by molar-refractivity contribution is -0.920. The second-order valence-corrected chi connectivity index (χ2v) is 13.1. The number of amides is 1. The zero-order valence-electron chi connectivity index (χ0n) is 25.9. The van der Waals surface area contributed by atoms with Gasteiger partial charge in [-0.3, -0.25) is 14.6 Å². The zero-order chi connectivity index (χ0) is 29.9. The van der Waals surface area contributed by atoms with E-state index in [1.165, 1.54) is 11.6 Å². The molecule has 2 aliphatic rings. The molecule has 2 aliphatic heterocycles. The lowest BCUT2D eigenvalue weighted by atomic mass is 10.00. The molecule has 1 amide bonds. The van der Waals surface area contributed by atoms with Gasteiger partial charge in [-0.1, -0.05) is 36.4 Å². The summed E-state index contributed by atoms with van der Waals surface area (Å²) in [6.45, 7) is 14.0. The van der Waals surface area contributed by atoms with Crippen molar-refractivity contribution in [2.75, 3.05) is 46.8 Å². The van der Waals surface area contributed by atoms with Crippen molar-refractivity contribution in [3.05, 3.63) is 94.8 Å². The summed E-state index contributed by atoms with van der Waals surface area (Å²) < 4.78 is 16.0. The van der Waals surface area contributed by atoms with E-state index in [0.717, 1.165) is 67.0 Å². The Morgan fingerprint density at radius 1 is 0.952 bits per heavy atom. The van der Waals surface area contributed by atoms with Crippen molar-refractivity contribution < 1.29 is 13.7 Å². The first-order valence-corrected chi connectivity index (χ1v) is 15.3. The molecule has 0 aromatic heterocycles. The predicted molar refractivity (Wildman–Crippen MR) is 168 cm³/mol. The Morgan fingerprint density at radius 2 is 1.71 bits per heavy atom. The molecule has 0 saturated carbocycles. The topological polar surface area (TPSA) is 47.6 Å². The number of quaternary nitrogens is 1. The van der Waals surface area contributed by atoms with Gasteiger partial charge in [0, 0.05) is 56.4 Å². The normalized spacial score (nSPS) is 23.0. The van der Waals surface area contributed by atoms with Crippen molar-refractivity contribution >= 4 is 5.91 Å². The molecule has 6 nitrogen and oxygen atoms in total. The van der Waals surface area contributed by atoms with Gasteiger partial charge >= 0.3 is 0 Å². The van der Waals surface area contributed by atoms with Crippen LogP contribution in [-0.2, 0) is 19.6 Å². The molecule has 2 fully saturated rings. The molecule has 224 valence electrons. The highest BCUT2D eigenvalue weighted by molar-refractivity contribution is 5.94. The van der Waals surface area contributed by atoms with E-state index in [9.17, 15) is 9.18 Å². The highest BCUT2D eigenvalue weighted by Crippen LogP contribution is 2.26. The van der Waals surface area contributed by atoms with Gasteiger partial charge in [0.1, 0.15) is 5.82 Å². The second-order valence-electron chi connectivity index (χ2n) is 13.1. The maximum absolute atomic E-state index is 15.0. The summed E-state index contributed by atoms with van der Waals surface area (Å²) in [5.74, 6) is -0.373. The number of carbonyl (C=O) groups excluding carboxylic acids is 1. The lowest BCUT2D eigenvalue weighted by Crippen LogP contribution is -2.63. The molecule has 3 aromatic rings. The molecule has 2 saturated heterocycles. The first kappa shape index (κ1) is 30.4. The summed E-state index contributed by atoms with van der Waals surface area (Å²) in [5, 5.41) is 6.53. The maximum atomic E-state index is 15.0. The molecule has 5 rings (SSSR count). The van der Waals surface area contributed by atoms with E-state index < -0.39 is 0 Å². The highest BCUT2D eigenvalue weighted by atomic mass is 19.1. The fraction of sp³-hybridized carbons (Fsp3) is 0.457. The molecule has 2 heterocycles. The standard InChI is InChI=1S/C35H46FN5O/c1-25-20-39(15-14-37-25)22-29-8-6-10-31(16-29)33-18-28(12-13-34(33)36)19-38-35(42)32-11-7-9-30(17-32)23-40-21-27(3)41(4,5)24-26(40)2/h6-13,16-18,25-27,37H,14-15,19-24H2,1-5H3/p+1/t25-,26-,27+/m0/s1. The van der Waals surface area contributed by atoms with E-state index in [0.29, 0.717) is 35.8 Å². The van der Waals surface area contributed by atoms with Gasteiger partial charge in [0.05, 0.1) is 39.3 Å². The third kappa shape index (κ3) is 7.45. The van der Waals surface area contributed by atoms with Crippen LogP contribution in [0.4, 0.5) is 4.39 Å². The number of nitrogens with zero attached hydrogens (tertiary/aromatic N) is 3. The van der Waals surface area contributed by atoms with Crippen molar-refractivity contribution in [3.63, 3.8) is 0 Å². The summed E-state index contributed by atoms with van der Waals surface area (Å²) in [5.41, 5.74) is 5.26. The maximum Gasteiger partial charge on any atom is 0.251 e. The first-order chi connectivity index (χ1) is 20.1. The van der Waals surface area contributed by atoms with Crippen molar-refractivity contribution in [2.24, 2.45) is 0 Å². The van der Waals surface area contributed by atoms with Gasteiger partial charge in [-0.25, -0.2) is 4.39 Å². The number of likely N-dealkylation sites (N-methyl/N-ethyl adjacent to an activating group) is 1. The smallest absolute Gasteiger partial charge is 0.251 e. The van der Waals surface area contributed by atoms with E-state index in [2.05, 4.69) is 73.5 Å². The molecule has 0 spiro atoms. The van der Waals surface area contributed by atoms with Crippen LogP contribution >= 0.6 is 0 Å². The monoisotopic (exact) mass is 572 g/mol. The van der Waals surface area contributed by atoms with Crippen LogP contribution < -0.4 is 10.6 Å². The number of benzene rings is 3. The van der Waals surface area contributed by atoms with Gasteiger partial charge in [0.15, 0.2) is 0 Å². The average molecular weight is 573 g/mol. The van der Waals surface area contributed by atoms with Crippen LogP contribution in [0.25, 0.3) is 11.1 Å². The van der Waals surface area contributed by atoms with Crippen LogP contribution in [0.1, 0.15) is 47.8 Å². The van der Waals surface area contributed by atoms with Crippen LogP contribution in [0.2, 0.25) is 0 Å². The van der Waals surface area contributed by atoms with Gasteiger partial charge in [0.2, 0.25) is 0 Å². The number of hydrogen-bond donors (Lipinski definition) is 2. The Labute approximate surface area is 251 Å². The van der Waals surface area contributed by atoms with E-state index in [-0.39, 0.29) is 11.7 Å². The number of halogens is 1. The van der Waals surface area contributed by atoms with Gasteiger partial charge < -0.3 is 15.1 Å². The summed E-state index contributed by atoms with van der Waals surface area (Å²) in [6, 6.07) is 22.7. The Hall–Kier alpha value is -3.10. The summed E-state index contributed by atoms with van der Waals surface area (Å²) in [7, 11) is 4.61. The van der Waals surface area contributed by atoms with E-state index in [1.54, 1.807) is 6.07 Å². The summed E-state index contributed by atoms with van der Waals surface area (Å²) >= 11 is 0. The third-order valence-electron chi connectivity index (χ3n) is 9.21. The second kappa shape index (κ2) is 13.0. The molecule has 3 atom stereocenters. The number of rotatable bonds is 8. The van der Waals surface area contributed by atoms with Crippen LogP contribution in [-0.4, -0.2) is 85.1 Å². The zero-order valence-corrected chi connectivity index (χ0v) is 25.9. The molecule has 2 N–H and O–H groups in total. The first-order valence-electron chi connectivity index (χ1n) is 15.3. The Balaban J connectivity index is 1.22. The molecular formula is C35H47FN5O+. The van der Waals surface area contributed by atoms with Crippen LogP contribution in [0.15, 0.2) is 66.7 Å². The third-order valence-corrected chi connectivity index (χ3v) is 9.21. The van der Waals surface area contributed by atoms with Crippen LogP contribution in [0.3, 0.4) is 0 Å². The Kier molecular flexibility index (Phi) is 9.43. The van der Waals surface area contributed by atoms with Crippen molar-refractivity contribution in [1.29, 1.82) is 0 Å². The van der Waals surface area contributed by atoms with Crippen molar-refractivity contribution in [2.45, 2.75) is 58.5 Å². The molecule has 0 unspecified atom stereocenters. The van der Waals surface area contributed by atoms with Gasteiger partial charge in [-0.2, -0.15) is 0 Å². The van der Waals surface area contributed by atoms with Gasteiger partial charge in [-0.15, -0.1) is 0 Å². The van der Waals surface area contributed by atoms with Crippen molar-refractivity contribution in [3.8, 4) is 11.1 Å². The number of nitrogens with one attached hydrogen (secondary N) is 2. The number of piperazine rings is 2. The summed E-state index contributed by atoms with van der Waals surface area (Å²) in [6.07, 6.45) is 0. The minimum absolute atomic E-state index is 0.118. The molecule has 0 bridgehead atoms. The molecule has 0 aliphatic carbocycles. The molecule has 7 heteroatoms. The van der Waals surface area contributed by atoms with E-state index >= 15 is 0 Å². The van der Waals surface area contributed by atoms with Gasteiger partial charge in [0.25, 0.3) is 5.91 Å². The van der Waals surface area contributed by atoms with E-state index in [1.807, 2.05) is 36.4 Å². The van der Waals surface area contributed by atoms with E-state index in [4.69, 9.17) is 0 Å². The minimum atomic E-state index is -0.255.